The van der Waals surface area contributed by atoms with Gasteiger partial charge in [0.25, 0.3) is 11.8 Å². The van der Waals surface area contributed by atoms with Gasteiger partial charge in [0.05, 0.1) is 11.3 Å². The molecule has 1 aliphatic heterocycles. The van der Waals surface area contributed by atoms with Crippen LogP contribution in [0.1, 0.15) is 35.1 Å². The van der Waals surface area contributed by atoms with Gasteiger partial charge >= 0.3 is 0 Å². The molecular weight excluding hydrogens is 328 g/mol. The fourth-order valence-corrected chi connectivity index (χ4v) is 3.07. The van der Waals surface area contributed by atoms with Gasteiger partial charge in [0.1, 0.15) is 11.1 Å². The Balaban J connectivity index is 1.72. The van der Waals surface area contributed by atoms with Crippen molar-refractivity contribution in [1.29, 1.82) is 0 Å². The highest BCUT2D eigenvalue weighted by Crippen LogP contribution is 2.21. The summed E-state index contributed by atoms with van der Waals surface area (Å²) in [7, 11) is 0. The molecule has 1 fully saturated rings. The van der Waals surface area contributed by atoms with Crippen LogP contribution in [0, 0.1) is 0 Å². The van der Waals surface area contributed by atoms with Gasteiger partial charge in [-0.3, -0.25) is 14.9 Å². The van der Waals surface area contributed by atoms with E-state index in [2.05, 4.69) is 20.8 Å². The number of nitrogens with one attached hydrogen (secondary N) is 2. The Morgan fingerprint density at radius 3 is 2.83 bits per heavy atom. The number of hydrogen-bond donors (Lipinski definition) is 2. The Kier molecular flexibility index (Phi) is 5.17. The third-order valence-corrected chi connectivity index (χ3v) is 4.62. The minimum absolute atomic E-state index is 0.225. The van der Waals surface area contributed by atoms with Gasteiger partial charge in [-0.25, -0.2) is 0 Å². The van der Waals surface area contributed by atoms with E-state index < -0.39 is 6.10 Å². The standard InChI is InChI=1S/C16H18N4O3S/c1-2-13-19-20-16(24-13)18-14(21)10-6-3-4-7-11(10)17-15(22)12-8-5-9-23-12/h3-4,6-7,12H,2,5,8-9H2,1H3,(H,17,22)(H,18,20,21). The molecule has 24 heavy (non-hydrogen) atoms. The van der Waals surface area contributed by atoms with Crippen molar-refractivity contribution in [3.8, 4) is 0 Å². The van der Waals surface area contributed by atoms with Gasteiger partial charge in [-0.05, 0) is 31.4 Å². The van der Waals surface area contributed by atoms with E-state index in [1.165, 1.54) is 11.3 Å². The van der Waals surface area contributed by atoms with Gasteiger partial charge in [-0.15, -0.1) is 10.2 Å². The fraction of sp³-hybridized carbons (Fsp3) is 0.375. The van der Waals surface area contributed by atoms with E-state index in [1.54, 1.807) is 24.3 Å². The van der Waals surface area contributed by atoms with Crippen LogP contribution in [-0.2, 0) is 16.0 Å². The Labute approximate surface area is 143 Å². The van der Waals surface area contributed by atoms with Crippen molar-refractivity contribution in [2.24, 2.45) is 0 Å². The predicted molar refractivity (Wildman–Crippen MR) is 91.3 cm³/mol. The minimum atomic E-state index is -0.448. The molecular formula is C16H18N4O3S. The third kappa shape index (κ3) is 3.77. The molecule has 2 aromatic rings. The summed E-state index contributed by atoms with van der Waals surface area (Å²) >= 11 is 1.33. The van der Waals surface area contributed by atoms with Crippen molar-refractivity contribution < 1.29 is 14.3 Å². The van der Waals surface area contributed by atoms with Gasteiger partial charge in [-0.1, -0.05) is 30.4 Å². The number of benzene rings is 1. The first-order chi connectivity index (χ1) is 11.7. The smallest absolute Gasteiger partial charge is 0.259 e. The molecule has 126 valence electrons. The van der Waals surface area contributed by atoms with Crippen LogP contribution >= 0.6 is 11.3 Å². The first-order valence-electron chi connectivity index (χ1n) is 7.82. The number of amides is 2. The number of aryl methyl sites for hydroxylation is 1. The second-order valence-electron chi connectivity index (χ2n) is 5.35. The lowest BCUT2D eigenvalue weighted by molar-refractivity contribution is -0.124. The molecule has 8 heteroatoms. The highest BCUT2D eigenvalue weighted by molar-refractivity contribution is 7.15. The molecule has 0 aliphatic carbocycles. The molecule has 1 saturated heterocycles. The van der Waals surface area contributed by atoms with Crippen molar-refractivity contribution in [2.45, 2.75) is 32.3 Å². The zero-order valence-electron chi connectivity index (χ0n) is 13.2. The van der Waals surface area contributed by atoms with Crippen molar-refractivity contribution >= 4 is 34.0 Å². The van der Waals surface area contributed by atoms with Crippen molar-refractivity contribution in [3.05, 3.63) is 34.8 Å². The van der Waals surface area contributed by atoms with Gasteiger partial charge in [0.15, 0.2) is 0 Å². The number of rotatable bonds is 5. The van der Waals surface area contributed by atoms with E-state index in [4.69, 9.17) is 4.74 Å². The molecule has 1 unspecified atom stereocenters. The molecule has 2 heterocycles. The van der Waals surface area contributed by atoms with Crippen molar-refractivity contribution in [3.63, 3.8) is 0 Å². The highest BCUT2D eigenvalue weighted by Gasteiger charge is 2.25. The Morgan fingerprint density at radius 2 is 2.12 bits per heavy atom. The Hall–Kier alpha value is -2.32. The number of para-hydroxylation sites is 1. The van der Waals surface area contributed by atoms with E-state index in [-0.39, 0.29) is 11.8 Å². The van der Waals surface area contributed by atoms with Crippen LogP contribution in [-0.4, -0.2) is 34.7 Å². The van der Waals surface area contributed by atoms with Gasteiger partial charge < -0.3 is 10.1 Å². The maximum absolute atomic E-state index is 12.5. The monoisotopic (exact) mass is 346 g/mol. The summed E-state index contributed by atoms with van der Waals surface area (Å²) in [5.74, 6) is -0.561. The number of hydrogen-bond acceptors (Lipinski definition) is 6. The van der Waals surface area contributed by atoms with Crippen molar-refractivity contribution in [1.82, 2.24) is 10.2 Å². The van der Waals surface area contributed by atoms with Crippen LogP contribution in [0.5, 0.6) is 0 Å². The molecule has 2 N–H and O–H groups in total. The topological polar surface area (TPSA) is 93.2 Å². The van der Waals surface area contributed by atoms with Gasteiger partial charge in [0.2, 0.25) is 5.13 Å². The number of nitrogens with zero attached hydrogens (tertiary/aromatic N) is 2. The Morgan fingerprint density at radius 1 is 1.29 bits per heavy atom. The molecule has 0 spiro atoms. The summed E-state index contributed by atoms with van der Waals surface area (Å²) < 4.78 is 5.37. The maximum atomic E-state index is 12.5. The number of ether oxygens (including phenoxy) is 1. The predicted octanol–water partition coefficient (Wildman–Crippen LogP) is 2.47. The maximum Gasteiger partial charge on any atom is 0.259 e. The fourth-order valence-electron chi connectivity index (χ4n) is 2.40. The highest BCUT2D eigenvalue weighted by atomic mass is 32.1. The molecule has 1 atom stereocenters. The van der Waals surface area contributed by atoms with E-state index >= 15 is 0 Å². The first-order valence-corrected chi connectivity index (χ1v) is 8.64. The number of anilines is 2. The molecule has 2 amide bonds. The zero-order valence-corrected chi connectivity index (χ0v) is 14.1. The van der Waals surface area contributed by atoms with Crippen molar-refractivity contribution in [2.75, 3.05) is 17.2 Å². The minimum Gasteiger partial charge on any atom is -0.368 e. The summed E-state index contributed by atoms with van der Waals surface area (Å²) in [6, 6.07) is 6.86. The molecule has 7 nitrogen and oxygen atoms in total. The van der Waals surface area contributed by atoms with Crippen LogP contribution in [0.25, 0.3) is 0 Å². The zero-order chi connectivity index (χ0) is 16.9. The summed E-state index contributed by atoms with van der Waals surface area (Å²) in [6.07, 6.45) is 1.89. The number of carbonyl (C=O) groups excluding carboxylic acids is 2. The quantitative estimate of drug-likeness (QED) is 0.867. The summed E-state index contributed by atoms with van der Waals surface area (Å²) in [6.45, 7) is 2.57. The summed E-state index contributed by atoms with van der Waals surface area (Å²) in [5, 5.41) is 14.7. The number of aromatic nitrogens is 2. The van der Waals surface area contributed by atoms with E-state index in [9.17, 15) is 9.59 Å². The van der Waals surface area contributed by atoms with E-state index in [1.807, 2.05) is 6.92 Å². The molecule has 1 aromatic carbocycles. The van der Waals surface area contributed by atoms with Crippen LogP contribution in [0.4, 0.5) is 10.8 Å². The second-order valence-corrected chi connectivity index (χ2v) is 6.41. The molecule has 1 aromatic heterocycles. The average molecular weight is 346 g/mol. The van der Waals surface area contributed by atoms with Crippen LogP contribution < -0.4 is 10.6 Å². The van der Waals surface area contributed by atoms with Crippen LogP contribution in [0.2, 0.25) is 0 Å². The lowest BCUT2D eigenvalue weighted by Crippen LogP contribution is -2.28. The van der Waals surface area contributed by atoms with Gasteiger partial charge in [0, 0.05) is 6.61 Å². The Bertz CT molecular complexity index is 740. The molecule has 0 bridgehead atoms. The van der Waals surface area contributed by atoms with E-state index in [0.717, 1.165) is 17.8 Å². The summed E-state index contributed by atoms with van der Waals surface area (Å²) in [4.78, 5) is 24.7. The molecule has 0 radical (unpaired) electrons. The summed E-state index contributed by atoms with van der Waals surface area (Å²) in [5.41, 5.74) is 0.827. The first kappa shape index (κ1) is 16.5. The van der Waals surface area contributed by atoms with Crippen LogP contribution in [0.3, 0.4) is 0 Å². The average Bonchev–Trinajstić information content (AvgIpc) is 3.27. The second kappa shape index (κ2) is 7.50. The molecule has 1 aliphatic rings. The molecule has 0 saturated carbocycles. The van der Waals surface area contributed by atoms with Crippen LogP contribution in [0.15, 0.2) is 24.3 Å². The third-order valence-electron chi connectivity index (χ3n) is 3.64. The van der Waals surface area contributed by atoms with Gasteiger partial charge in [-0.2, -0.15) is 0 Å². The SMILES string of the molecule is CCc1nnc(NC(=O)c2ccccc2NC(=O)C2CCCO2)s1. The lowest BCUT2D eigenvalue weighted by atomic mass is 10.1. The molecule has 3 rings (SSSR count). The largest absolute Gasteiger partial charge is 0.368 e. The number of carbonyl (C=O) groups is 2. The normalized spacial score (nSPS) is 16.8. The lowest BCUT2D eigenvalue weighted by Gasteiger charge is -2.13. The van der Waals surface area contributed by atoms with E-state index in [0.29, 0.717) is 29.4 Å².